The molecule has 0 bridgehead atoms. The highest BCUT2D eigenvalue weighted by molar-refractivity contribution is 4.74. The van der Waals surface area contributed by atoms with Crippen LogP contribution in [0.15, 0.2) is 0 Å². The second kappa shape index (κ2) is 9.00. The first-order valence-electron chi connectivity index (χ1n) is 7.29. The van der Waals surface area contributed by atoms with E-state index in [1.54, 1.807) is 0 Å². The number of nitrogens with zero attached hydrogens (tertiary/aromatic N) is 1. The lowest BCUT2D eigenvalue weighted by Gasteiger charge is -2.15. The van der Waals surface area contributed by atoms with Crippen molar-refractivity contribution in [3.63, 3.8) is 0 Å². The van der Waals surface area contributed by atoms with Gasteiger partial charge in [-0.25, -0.2) is 0 Å². The minimum atomic E-state index is 0.976. The molecule has 1 atom stereocenters. The van der Waals surface area contributed by atoms with Crippen molar-refractivity contribution < 1.29 is 0 Å². The molecule has 1 saturated heterocycles. The van der Waals surface area contributed by atoms with Crippen LogP contribution in [-0.4, -0.2) is 37.6 Å². The van der Waals surface area contributed by atoms with Crippen molar-refractivity contribution in [2.24, 2.45) is 5.92 Å². The molecule has 1 fully saturated rings. The topological polar surface area (TPSA) is 15.3 Å². The van der Waals surface area contributed by atoms with Crippen LogP contribution in [-0.2, 0) is 0 Å². The van der Waals surface area contributed by atoms with Gasteiger partial charge >= 0.3 is 0 Å². The van der Waals surface area contributed by atoms with Crippen LogP contribution in [0, 0.1) is 5.92 Å². The summed E-state index contributed by atoms with van der Waals surface area (Å²) >= 11 is 0. The molecule has 0 aromatic heterocycles. The van der Waals surface area contributed by atoms with Crippen molar-refractivity contribution in [1.29, 1.82) is 0 Å². The minimum absolute atomic E-state index is 0.976. The molecule has 1 N–H and O–H groups in total. The second-order valence-electron chi connectivity index (χ2n) is 5.17. The molecule has 0 radical (unpaired) electrons. The van der Waals surface area contributed by atoms with Gasteiger partial charge in [0.15, 0.2) is 0 Å². The zero-order valence-electron chi connectivity index (χ0n) is 11.3. The van der Waals surface area contributed by atoms with Crippen molar-refractivity contribution in [1.82, 2.24) is 10.2 Å². The molecule has 0 saturated carbocycles. The van der Waals surface area contributed by atoms with Gasteiger partial charge in [-0.1, -0.05) is 39.5 Å². The maximum Gasteiger partial charge on any atom is 0.0107 e. The molecule has 0 spiro atoms. The van der Waals surface area contributed by atoms with Gasteiger partial charge in [-0.2, -0.15) is 0 Å². The van der Waals surface area contributed by atoms with Gasteiger partial charge in [0.25, 0.3) is 0 Å². The van der Waals surface area contributed by atoms with Gasteiger partial charge in [0.05, 0.1) is 0 Å². The Morgan fingerprint density at radius 3 is 2.69 bits per heavy atom. The first-order valence-corrected chi connectivity index (χ1v) is 7.29. The van der Waals surface area contributed by atoms with E-state index in [2.05, 4.69) is 24.1 Å². The van der Waals surface area contributed by atoms with Gasteiger partial charge in [-0.3, -0.25) is 0 Å². The highest BCUT2D eigenvalue weighted by Gasteiger charge is 2.19. The molecule has 16 heavy (non-hydrogen) atoms. The largest absolute Gasteiger partial charge is 0.315 e. The zero-order valence-corrected chi connectivity index (χ0v) is 11.3. The number of hydrogen-bond acceptors (Lipinski definition) is 2. The van der Waals surface area contributed by atoms with Gasteiger partial charge in [0.2, 0.25) is 0 Å². The monoisotopic (exact) mass is 226 g/mol. The van der Waals surface area contributed by atoms with Gasteiger partial charge < -0.3 is 10.2 Å². The van der Waals surface area contributed by atoms with Crippen molar-refractivity contribution in [3.8, 4) is 0 Å². The number of likely N-dealkylation sites (tertiary alicyclic amines) is 1. The predicted octanol–water partition coefficient (Wildman–Crippen LogP) is 2.89. The molecule has 1 aliphatic heterocycles. The summed E-state index contributed by atoms with van der Waals surface area (Å²) in [6, 6.07) is 0. The molecule has 1 heterocycles. The SMILES string of the molecule is CCCCCCNCCN1CCC(CC)C1. The zero-order chi connectivity index (χ0) is 11.6. The summed E-state index contributed by atoms with van der Waals surface area (Å²) in [4.78, 5) is 2.62. The Morgan fingerprint density at radius 2 is 2.00 bits per heavy atom. The van der Waals surface area contributed by atoms with Crippen LogP contribution in [0.5, 0.6) is 0 Å². The molecule has 0 aromatic rings. The van der Waals surface area contributed by atoms with Crippen LogP contribution in [0.3, 0.4) is 0 Å². The summed E-state index contributed by atoms with van der Waals surface area (Å²) in [5, 5.41) is 3.56. The molecule has 0 aliphatic carbocycles. The van der Waals surface area contributed by atoms with E-state index in [4.69, 9.17) is 0 Å². The maximum atomic E-state index is 3.56. The Kier molecular flexibility index (Phi) is 7.87. The first kappa shape index (κ1) is 14.0. The Balaban J connectivity index is 1.84. The van der Waals surface area contributed by atoms with E-state index < -0.39 is 0 Å². The summed E-state index contributed by atoms with van der Waals surface area (Å²) in [6.07, 6.45) is 8.27. The third kappa shape index (κ3) is 5.86. The van der Waals surface area contributed by atoms with E-state index in [-0.39, 0.29) is 0 Å². The lowest BCUT2D eigenvalue weighted by Crippen LogP contribution is -2.31. The number of rotatable bonds is 9. The molecular weight excluding hydrogens is 196 g/mol. The lowest BCUT2D eigenvalue weighted by atomic mass is 10.1. The molecular formula is C14H30N2. The summed E-state index contributed by atoms with van der Waals surface area (Å²) in [5.74, 6) is 0.976. The molecule has 0 amide bonds. The fourth-order valence-corrected chi connectivity index (χ4v) is 2.49. The predicted molar refractivity (Wildman–Crippen MR) is 71.8 cm³/mol. The quantitative estimate of drug-likeness (QED) is 0.608. The number of nitrogens with one attached hydrogen (secondary N) is 1. The van der Waals surface area contributed by atoms with Crippen molar-refractivity contribution >= 4 is 0 Å². The minimum Gasteiger partial charge on any atom is -0.315 e. The van der Waals surface area contributed by atoms with Crippen LogP contribution in [0.4, 0.5) is 0 Å². The van der Waals surface area contributed by atoms with Gasteiger partial charge in [-0.05, 0) is 31.8 Å². The number of unbranched alkanes of at least 4 members (excludes halogenated alkanes) is 3. The van der Waals surface area contributed by atoms with Crippen molar-refractivity contribution in [2.45, 2.75) is 52.4 Å². The van der Waals surface area contributed by atoms with E-state index in [9.17, 15) is 0 Å². The first-order chi connectivity index (χ1) is 7.86. The molecule has 1 unspecified atom stereocenters. The average molecular weight is 226 g/mol. The summed E-state index contributed by atoms with van der Waals surface area (Å²) in [6.45, 7) is 10.9. The lowest BCUT2D eigenvalue weighted by molar-refractivity contribution is 0.320. The Hall–Kier alpha value is -0.0800. The molecule has 2 heteroatoms. The molecule has 0 aromatic carbocycles. The van der Waals surface area contributed by atoms with E-state index in [0.717, 1.165) is 5.92 Å². The standard InChI is InChI=1S/C14H30N2/c1-3-5-6-7-9-15-10-12-16-11-8-14(4-2)13-16/h14-15H,3-13H2,1-2H3. The van der Waals surface area contributed by atoms with E-state index >= 15 is 0 Å². The fraction of sp³-hybridized carbons (Fsp3) is 1.00. The van der Waals surface area contributed by atoms with Crippen molar-refractivity contribution in [3.05, 3.63) is 0 Å². The van der Waals surface area contributed by atoms with Crippen LogP contribution in [0.1, 0.15) is 52.4 Å². The molecule has 96 valence electrons. The Morgan fingerprint density at radius 1 is 1.12 bits per heavy atom. The van der Waals surface area contributed by atoms with Crippen LogP contribution in [0.25, 0.3) is 0 Å². The van der Waals surface area contributed by atoms with E-state index in [0.29, 0.717) is 0 Å². The van der Waals surface area contributed by atoms with Crippen LogP contribution >= 0.6 is 0 Å². The normalized spacial score (nSPS) is 21.8. The van der Waals surface area contributed by atoms with Gasteiger partial charge in [0.1, 0.15) is 0 Å². The summed E-state index contributed by atoms with van der Waals surface area (Å²) < 4.78 is 0. The van der Waals surface area contributed by atoms with Gasteiger partial charge in [0, 0.05) is 19.6 Å². The smallest absolute Gasteiger partial charge is 0.0107 e. The highest BCUT2D eigenvalue weighted by atomic mass is 15.2. The van der Waals surface area contributed by atoms with Crippen LogP contribution < -0.4 is 5.32 Å². The van der Waals surface area contributed by atoms with E-state index in [1.165, 1.54) is 71.2 Å². The third-order valence-electron chi connectivity index (χ3n) is 3.76. The molecule has 1 rings (SSSR count). The number of hydrogen-bond donors (Lipinski definition) is 1. The Labute approximate surface area is 102 Å². The third-order valence-corrected chi connectivity index (χ3v) is 3.76. The summed E-state index contributed by atoms with van der Waals surface area (Å²) in [7, 11) is 0. The highest BCUT2D eigenvalue weighted by Crippen LogP contribution is 2.17. The second-order valence-corrected chi connectivity index (χ2v) is 5.17. The average Bonchev–Trinajstić information content (AvgIpc) is 2.76. The maximum absolute atomic E-state index is 3.56. The summed E-state index contributed by atoms with van der Waals surface area (Å²) in [5.41, 5.74) is 0. The van der Waals surface area contributed by atoms with Crippen LogP contribution in [0.2, 0.25) is 0 Å². The van der Waals surface area contributed by atoms with Crippen molar-refractivity contribution in [2.75, 3.05) is 32.7 Å². The fourth-order valence-electron chi connectivity index (χ4n) is 2.49. The Bertz CT molecular complexity index is 159. The van der Waals surface area contributed by atoms with E-state index in [1.807, 2.05) is 0 Å². The molecule has 1 aliphatic rings. The molecule has 2 nitrogen and oxygen atoms in total. The van der Waals surface area contributed by atoms with Gasteiger partial charge in [-0.15, -0.1) is 0 Å².